The maximum atomic E-state index is 12.2. The third-order valence-electron chi connectivity index (χ3n) is 3.98. The van der Waals surface area contributed by atoms with Crippen LogP contribution in [-0.2, 0) is 11.2 Å². The molecule has 1 aromatic rings. The van der Waals surface area contributed by atoms with Gasteiger partial charge in [0.15, 0.2) is 0 Å². The Labute approximate surface area is 118 Å². The fourth-order valence-corrected chi connectivity index (χ4v) is 4.17. The van der Waals surface area contributed by atoms with Crippen LogP contribution in [0.4, 0.5) is 0 Å². The zero-order valence-corrected chi connectivity index (χ0v) is 11.9. The first-order chi connectivity index (χ1) is 9.27. The molecule has 1 N–H and O–H groups in total. The van der Waals surface area contributed by atoms with Gasteiger partial charge in [-0.3, -0.25) is 4.79 Å². The van der Waals surface area contributed by atoms with Gasteiger partial charge in [-0.05, 0) is 18.4 Å². The lowest BCUT2D eigenvalue weighted by atomic mass is 10.1. The van der Waals surface area contributed by atoms with Crippen LogP contribution in [0, 0.1) is 0 Å². The van der Waals surface area contributed by atoms with Gasteiger partial charge in [0, 0.05) is 31.8 Å². The molecule has 4 heteroatoms. The number of carbonyl (C=O) groups is 1. The second kappa shape index (κ2) is 5.55. The summed E-state index contributed by atoms with van der Waals surface area (Å²) in [7, 11) is 0. The smallest absolute Gasteiger partial charge is 0.222 e. The molecule has 1 spiro atoms. The Morgan fingerprint density at radius 3 is 2.95 bits per heavy atom. The molecule has 0 saturated carbocycles. The molecule has 1 amide bonds. The molecule has 19 heavy (non-hydrogen) atoms. The third-order valence-corrected chi connectivity index (χ3v) is 5.42. The van der Waals surface area contributed by atoms with Crippen molar-refractivity contribution in [3.05, 3.63) is 35.9 Å². The van der Waals surface area contributed by atoms with E-state index >= 15 is 0 Å². The highest BCUT2D eigenvalue weighted by molar-refractivity contribution is 8.00. The summed E-state index contributed by atoms with van der Waals surface area (Å²) < 4.78 is 0. The average molecular weight is 276 g/mol. The van der Waals surface area contributed by atoms with Crippen molar-refractivity contribution in [1.82, 2.24) is 10.2 Å². The van der Waals surface area contributed by atoms with Gasteiger partial charge in [0.25, 0.3) is 0 Å². The Balaban J connectivity index is 1.51. The van der Waals surface area contributed by atoms with E-state index < -0.39 is 0 Å². The van der Waals surface area contributed by atoms with E-state index in [2.05, 4.69) is 17.4 Å². The van der Waals surface area contributed by atoms with Gasteiger partial charge in [-0.1, -0.05) is 30.3 Å². The van der Waals surface area contributed by atoms with Crippen LogP contribution in [0.3, 0.4) is 0 Å². The number of rotatable bonds is 3. The molecule has 0 aromatic heterocycles. The molecule has 2 fully saturated rings. The number of hydrogen-bond donors (Lipinski definition) is 1. The minimum Gasteiger partial charge on any atom is -0.340 e. The Morgan fingerprint density at radius 2 is 2.21 bits per heavy atom. The molecule has 3 nitrogen and oxygen atoms in total. The maximum Gasteiger partial charge on any atom is 0.222 e. The van der Waals surface area contributed by atoms with Gasteiger partial charge >= 0.3 is 0 Å². The molecule has 1 unspecified atom stereocenters. The molecule has 1 atom stereocenters. The van der Waals surface area contributed by atoms with E-state index in [1.54, 1.807) is 0 Å². The van der Waals surface area contributed by atoms with Crippen LogP contribution in [-0.4, -0.2) is 41.1 Å². The molecular formula is C15H20N2OS. The number of likely N-dealkylation sites (tertiary alicyclic amines) is 1. The predicted molar refractivity (Wildman–Crippen MR) is 79.2 cm³/mol. The van der Waals surface area contributed by atoms with Crippen molar-refractivity contribution in [2.75, 3.05) is 25.4 Å². The van der Waals surface area contributed by atoms with E-state index in [-0.39, 0.29) is 4.87 Å². The lowest BCUT2D eigenvalue weighted by Gasteiger charge is -2.23. The van der Waals surface area contributed by atoms with Crippen LogP contribution in [0.1, 0.15) is 18.4 Å². The molecule has 3 rings (SSSR count). The number of benzene rings is 1. The second-order valence-corrected chi connectivity index (χ2v) is 6.80. The van der Waals surface area contributed by atoms with E-state index in [0.29, 0.717) is 12.3 Å². The number of nitrogens with zero attached hydrogens (tertiary/aromatic N) is 1. The lowest BCUT2D eigenvalue weighted by Crippen LogP contribution is -2.41. The summed E-state index contributed by atoms with van der Waals surface area (Å²) in [4.78, 5) is 14.5. The fraction of sp³-hybridized carbons (Fsp3) is 0.533. The molecule has 102 valence electrons. The van der Waals surface area contributed by atoms with Gasteiger partial charge < -0.3 is 10.2 Å². The zero-order valence-electron chi connectivity index (χ0n) is 11.1. The Kier molecular flexibility index (Phi) is 3.80. The topological polar surface area (TPSA) is 32.3 Å². The summed E-state index contributed by atoms with van der Waals surface area (Å²) in [5.74, 6) is 1.47. The summed E-state index contributed by atoms with van der Waals surface area (Å²) in [5, 5.41) is 3.56. The Morgan fingerprint density at radius 1 is 1.37 bits per heavy atom. The van der Waals surface area contributed by atoms with Gasteiger partial charge in [0.2, 0.25) is 5.91 Å². The van der Waals surface area contributed by atoms with Crippen LogP contribution < -0.4 is 5.32 Å². The Bertz CT molecular complexity index is 443. The van der Waals surface area contributed by atoms with Crippen LogP contribution in [0.5, 0.6) is 0 Å². The normalized spacial score (nSPS) is 26.2. The van der Waals surface area contributed by atoms with Crippen molar-refractivity contribution < 1.29 is 4.79 Å². The van der Waals surface area contributed by atoms with Gasteiger partial charge in [0.1, 0.15) is 0 Å². The number of hydrogen-bond acceptors (Lipinski definition) is 3. The molecule has 2 aliphatic heterocycles. The van der Waals surface area contributed by atoms with Gasteiger partial charge in [-0.15, -0.1) is 11.8 Å². The lowest BCUT2D eigenvalue weighted by molar-refractivity contribution is -0.130. The first-order valence-corrected chi connectivity index (χ1v) is 7.97. The van der Waals surface area contributed by atoms with Crippen LogP contribution in [0.25, 0.3) is 0 Å². The van der Waals surface area contributed by atoms with Crippen molar-refractivity contribution in [3.63, 3.8) is 0 Å². The van der Waals surface area contributed by atoms with Gasteiger partial charge in [0.05, 0.1) is 4.87 Å². The van der Waals surface area contributed by atoms with E-state index in [1.807, 2.05) is 34.9 Å². The minimum absolute atomic E-state index is 0.169. The van der Waals surface area contributed by atoms with Crippen molar-refractivity contribution in [1.29, 1.82) is 0 Å². The second-order valence-electron chi connectivity index (χ2n) is 5.32. The highest BCUT2D eigenvalue weighted by Gasteiger charge is 2.42. The largest absolute Gasteiger partial charge is 0.340 e. The third kappa shape index (κ3) is 2.95. The number of amides is 1. The first kappa shape index (κ1) is 13.0. The molecule has 1 aromatic carbocycles. The van der Waals surface area contributed by atoms with E-state index in [4.69, 9.17) is 0 Å². The van der Waals surface area contributed by atoms with E-state index in [1.165, 1.54) is 11.3 Å². The summed E-state index contributed by atoms with van der Waals surface area (Å²) in [6.07, 6.45) is 2.57. The first-order valence-electron chi connectivity index (χ1n) is 6.98. The molecule has 2 heterocycles. The van der Waals surface area contributed by atoms with Gasteiger partial charge in [-0.25, -0.2) is 0 Å². The fourth-order valence-electron chi connectivity index (χ4n) is 2.89. The van der Waals surface area contributed by atoms with Crippen LogP contribution in [0.15, 0.2) is 30.3 Å². The highest BCUT2D eigenvalue weighted by atomic mass is 32.2. The van der Waals surface area contributed by atoms with Crippen LogP contribution >= 0.6 is 11.8 Å². The summed E-state index contributed by atoms with van der Waals surface area (Å²) >= 11 is 1.98. The molecule has 2 saturated heterocycles. The zero-order chi connectivity index (χ0) is 13.1. The maximum absolute atomic E-state index is 12.2. The summed E-state index contributed by atoms with van der Waals surface area (Å²) in [6, 6.07) is 10.3. The van der Waals surface area contributed by atoms with Crippen molar-refractivity contribution in [2.45, 2.75) is 24.1 Å². The molecular weight excluding hydrogens is 256 g/mol. The predicted octanol–water partition coefficient (Wildman–Crippen LogP) is 1.88. The molecule has 0 bridgehead atoms. The standard InChI is InChI=1S/C15H20N2OS/c18-14(7-6-13-4-2-1-3-5-13)17-10-8-15(12-17)16-9-11-19-15/h1-5,16H,6-12H2. The Hall–Kier alpha value is -1.00. The van der Waals surface area contributed by atoms with Crippen molar-refractivity contribution in [3.8, 4) is 0 Å². The summed E-state index contributed by atoms with van der Waals surface area (Å²) in [5.41, 5.74) is 1.25. The minimum atomic E-state index is 0.169. The van der Waals surface area contributed by atoms with E-state index in [0.717, 1.165) is 32.5 Å². The highest BCUT2D eigenvalue weighted by Crippen LogP contribution is 2.36. The molecule has 2 aliphatic rings. The molecule has 0 radical (unpaired) electrons. The van der Waals surface area contributed by atoms with Crippen molar-refractivity contribution >= 4 is 17.7 Å². The quantitative estimate of drug-likeness (QED) is 0.915. The summed E-state index contributed by atoms with van der Waals surface area (Å²) in [6.45, 7) is 2.87. The number of aryl methyl sites for hydroxylation is 1. The van der Waals surface area contributed by atoms with Gasteiger partial charge in [-0.2, -0.15) is 0 Å². The molecule has 0 aliphatic carbocycles. The number of nitrogens with one attached hydrogen (secondary N) is 1. The monoisotopic (exact) mass is 276 g/mol. The SMILES string of the molecule is O=C(CCc1ccccc1)N1CCC2(C1)NCCS2. The average Bonchev–Trinajstić information content (AvgIpc) is 3.08. The number of thioether (sulfide) groups is 1. The number of carbonyl (C=O) groups excluding carboxylic acids is 1. The van der Waals surface area contributed by atoms with E-state index in [9.17, 15) is 4.79 Å². The van der Waals surface area contributed by atoms with Crippen molar-refractivity contribution in [2.24, 2.45) is 0 Å². The van der Waals surface area contributed by atoms with Crippen LogP contribution in [0.2, 0.25) is 0 Å².